The van der Waals surface area contributed by atoms with E-state index in [9.17, 15) is 4.79 Å². The van der Waals surface area contributed by atoms with Crippen LogP contribution in [-0.4, -0.2) is 118 Å². The number of hydrogen-bond donors (Lipinski definition) is 1. The number of hydrogen-bond acceptors (Lipinski definition) is 8. The van der Waals surface area contributed by atoms with Crippen LogP contribution in [0.4, 0.5) is 0 Å². The molecule has 12 aromatic carbocycles. The van der Waals surface area contributed by atoms with Crippen LogP contribution in [0, 0.1) is 37.3 Å². The van der Waals surface area contributed by atoms with Gasteiger partial charge in [0.15, 0.2) is 5.78 Å². The maximum atomic E-state index is 10.0. The van der Waals surface area contributed by atoms with Crippen molar-refractivity contribution in [3.8, 4) is 102 Å². The first-order chi connectivity index (χ1) is 61.7. The van der Waals surface area contributed by atoms with Gasteiger partial charge in [0.2, 0.25) is 0 Å². The summed E-state index contributed by atoms with van der Waals surface area (Å²) in [6.07, 6.45) is 10.5. The number of allylic oxidation sites excluding steroid dienone is 2. The van der Waals surface area contributed by atoms with Crippen LogP contribution < -0.4 is 62.2 Å². The average Bonchev–Trinajstić information content (AvgIpc) is 1.59. The number of para-hydroxylation sites is 6. The smallest absolute Gasteiger partial charge is 0.512 e. The number of aliphatic hydroxyl groups is 1. The van der Waals surface area contributed by atoms with Gasteiger partial charge in [-0.15, -0.1) is 25.9 Å². The largest absolute Gasteiger partial charge is 3.00 e. The second-order valence-corrected chi connectivity index (χ2v) is 62.3. The predicted molar refractivity (Wildman–Crippen MR) is 540 cm³/mol. The number of carbonyl (C=O) groups excluding carboxylic acids is 1. The van der Waals surface area contributed by atoms with E-state index >= 15 is 0 Å². The number of benzene rings is 12. The summed E-state index contributed by atoms with van der Waals surface area (Å²) < 4.78 is 12.3. The first-order valence-electron chi connectivity index (χ1n) is 43.6. The molecule has 0 aliphatic carbocycles. The van der Waals surface area contributed by atoms with Crippen LogP contribution in [0.2, 0.25) is 78.6 Å². The average molecular weight is 2150 g/mol. The topological polar surface area (TPSA) is 144 Å². The van der Waals surface area contributed by atoms with Gasteiger partial charge in [-0.05, 0) is 135 Å². The monoisotopic (exact) mass is 2150 g/mol. The molecular formula is C108H101Ir2N12O2Si6-2. The van der Waals surface area contributed by atoms with Gasteiger partial charge in [0, 0.05) is 51.0 Å². The fourth-order valence-corrected chi connectivity index (χ4v) is 37.6. The molecular weight excluding hydrogens is 2050 g/mol. The summed E-state index contributed by atoms with van der Waals surface area (Å²) in [6.45, 7) is 33.8. The molecule has 1 radical (unpaired) electrons. The van der Waals surface area contributed by atoms with E-state index in [4.69, 9.17) is 10.2 Å². The summed E-state index contributed by atoms with van der Waals surface area (Å²) >= 11 is 0. The maximum Gasteiger partial charge on any atom is 3.00 e. The summed E-state index contributed by atoms with van der Waals surface area (Å²) in [6, 6.07) is 123. The summed E-state index contributed by atoms with van der Waals surface area (Å²) in [7, 11) is -10.4. The van der Waals surface area contributed by atoms with Gasteiger partial charge >= 0.3 is 20.1 Å². The van der Waals surface area contributed by atoms with Crippen LogP contribution >= 0.6 is 0 Å². The summed E-state index contributed by atoms with van der Waals surface area (Å²) in [4.78, 5) is 10.0. The molecule has 0 saturated heterocycles. The third-order valence-corrected chi connectivity index (χ3v) is 47.3. The van der Waals surface area contributed by atoms with E-state index in [-0.39, 0.29) is 51.8 Å². The summed E-state index contributed by atoms with van der Waals surface area (Å²) in [5.74, 6) is -0.0625. The number of nitrogens with zero attached hydrogens (tertiary/aromatic N) is 12. The van der Waals surface area contributed by atoms with Crippen LogP contribution in [0.3, 0.4) is 0 Å². The van der Waals surface area contributed by atoms with Crippen molar-refractivity contribution >= 4 is 116 Å². The number of carbonyl (C=O) groups is 1. The van der Waals surface area contributed by atoms with Crippen molar-refractivity contribution < 1.29 is 50.1 Å². The Balaban J connectivity index is 0.000000112. The van der Waals surface area contributed by atoms with Crippen LogP contribution in [0.25, 0.3) is 102 Å². The number of fused-ring (bicyclic) bond motifs is 30. The SMILES string of the molecule is CC(=O)C=C(C)O.C[Si]1(C)c2ccc[c-]c2-n2nccc2-c2ccccc21.C[Si]1(C)c2ccc[c-]c2-n2nccc2-c2ccccc21.C[Si]1(C)c2ccc[c-]c2-n2nccc2-c2ccccc21.C[Si]1(C)c2ccc[c-]c2-n2nccc2-c2ccccc21.C[Si]1(C)c2ccccc2-c2ccnn2-c2ccccc21.Cc1cc2n(n1)-c1[c-]cccc1[Si](C)(C)c1ccccc1-2.[Ir+3].[Ir]. The molecule has 24 rings (SSSR count). The van der Waals surface area contributed by atoms with Crippen molar-refractivity contribution in [1.82, 2.24) is 58.7 Å². The van der Waals surface area contributed by atoms with Crippen molar-refractivity contribution in [2.75, 3.05) is 0 Å². The Kier molecular flexibility index (Phi) is 25.6. The number of rotatable bonds is 1. The summed E-state index contributed by atoms with van der Waals surface area (Å²) in [5, 5.41) is 53.1. The predicted octanol–water partition coefficient (Wildman–Crippen LogP) is 16.4. The minimum Gasteiger partial charge on any atom is -0.512 e. The molecule has 22 heteroatoms. The number of ketones is 1. The minimum absolute atomic E-state index is 0. The molecule has 0 amide bonds. The zero-order valence-corrected chi connectivity index (χ0v) is 86.4. The molecule has 0 bridgehead atoms. The van der Waals surface area contributed by atoms with E-state index in [1.54, 1.807) is 0 Å². The number of aryl methyl sites for hydroxylation is 1. The fraction of sp³-hybridized carbons (Fsp3) is 0.139. The normalized spacial score (nSPS) is 14.5. The third-order valence-electron chi connectivity index (χ3n) is 26.1. The van der Waals surface area contributed by atoms with Crippen molar-refractivity contribution in [3.05, 3.63) is 376 Å². The van der Waals surface area contributed by atoms with Crippen molar-refractivity contribution in [2.24, 2.45) is 0 Å². The molecule has 649 valence electrons. The molecule has 14 nitrogen and oxygen atoms in total. The molecule has 6 aliphatic heterocycles. The van der Waals surface area contributed by atoms with Gasteiger partial charge in [-0.1, -0.05) is 268 Å². The molecule has 0 spiro atoms. The first-order valence-corrected chi connectivity index (χ1v) is 61.6. The Bertz CT molecular complexity index is 6120. The Hall–Kier alpha value is -12.3. The van der Waals surface area contributed by atoms with E-state index in [2.05, 4.69) is 418 Å². The first kappa shape index (κ1) is 91.0. The van der Waals surface area contributed by atoms with Crippen molar-refractivity contribution in [2.45, 2.75) is 99.3 Å². The molecule has 0 fully saturated rings. The molecule has 0 saturated carbocycles. The van der Waals surface area contributed by atoms with Gasteiger partial charge in [-0.25, -0.2) is 4.68 Å². The maximum absolute atomic E-state index is 10.0. The van der Waals surface area contributed by atoms with Gasteiger partial charge < -0.3 is 5.11 Å². The molecule has 0 unspecified atom stereocenters. The molecule has 12 heterocycles. The quantitative estimate of drug-likeness (QED) is 0.0740. The zero-order chi connectivity index (χ0) is 89.2. The van der Waals surface area contributed by atoms with Gasteiger partial charge in [0.25, 0.3) is 0 Å². The molecule has 18 aromatic rings. The van der Waals surface area contributed by atoms with Gasteiger partial charge in [0.05, 0.1) is 97.9 Å². The van der Waals surface area contributed by atoms with E-state index in [0.29, 0.717) is 0 Å². The third kappa shape index (κ3) is 16.3. The Labute approximate surface area is 795 Å². The van der Waals surface area contributed by atoms with Gasteiger partial charge in [-0.2, -0.15) is 152 Å². The van der Waals surface area contributed by atoms with Gasteiger partial charge in [-0.3, -0.25) is 28.2 Å². The van der Waals surface area contributed by atoms with Crippen LogP contribution in [0.15, 0.2) is 340 Å². The van der Waals surface area contributed by atoms with Crippen LogP contribution in [-0.2, 0) is 45.0 Å². The Morgan fingerprint density at radius 2 is 0.500 bits per heavy atom. The zero-order valence-electron chi connectivity index (χ0n) is 75.6. The Morgan fingerprint density at radius 3 is 0.762 bits per heavy atom. The Morgan fingerprint density at radius 1 is 0.285 bits per heavy atom. The van der Waals surface area contributed by atoms with Crippen molar-refractivity contribution in [3.63, 3.8) is 0 Å². The molecule has 1 N–H and O–H groups in total. The van der Waals surface area contributed by atoms with E-state index in [0.717, 1.165) is 34.1 Å². The number of aliphatic hydroxyl groups excluding tert-OH is 1. The van der Waals surface area contributed by atoms with E-state index in [1.165, 1.54) is 155 Å². The van der Waals surface area contributed by atoms with Gasteiger partial charge in [0.1, 0.15) is 8.07 Å². The minimum atomic E-state index is -1.75. The van der Waals surface area contributed by atoms with Crippen LogP contribution in [0.1, 0.15) is 19.5 Å². The summed E-state index contributed by atoms with van der Waals surface area (Å²) in [5.41, 5.74) is 22.8. The molecule has 6 aromatic heterocycles. The number of aromatic nitrogens is 12. The molecule has 0 atom stereocenters. The fourth-order valence-electron chi connectivity index (χ4n) is 19.7. The standard InChI is InChI=1S/C18H17N2Si.C17H16N2Si.4C17H15N2Si.C5H8O2.2Ir/c1-13-12-16-14-8-4-6-10-17(14)21(2,3)18-11-7-5-9-15(18)20(16)19-13;5*1-20(2)16-9-5-3-7-13(16)14-11-12-18-19(14)15-8-4-6-10-17(15)20;1-4(6)3-5(2)7;;/h4-8,10-12H,1-3H3;3-12H,1-2H3;4*3-7,9-12H,1-2H3;3,6H,1-2H3;;/q-1;;4*-1;;;+3. The van der Waals surface area contributed by atoms with Crippen molar-refractivity contribution in [1.29, 1.82) is 0 Å². The second kappa shape index (κ2) is 36.6. The molecule has 6 aliphatic rings. The second-order valence-electron chi connectivity index (χ2n) is 36.3. The molecule has 130 heavy (non-hydrogen) atoms. The van der Waals surface area contributed by atoms with E-state index < -0.39 is 48.4 Å². The van der Waals surface area contributed by atoms with Crippen LogP contribution in [0.5, 0.6) is 0 Å². The van der Waals surface area contributed by atoms with E-state index in [1.807, 2.05) is 80.0 Å².